The van der Waals surface area contributed by atoms with Crippen LogP contribution in [0.25, 0.3) is 0 Å². The number of Topliss-reactive ketones (excluding diaryl/α,β-unsaturated/α-hetero) is 1. The zero-order valence-corrected chi connectivity index (χ0v) is 9.26. The summed E-state index contributed by atoms with van der Waals surface area (Å²) in [4.78, 5) is 11.3. The van der Waals surface area contributed by atoms with Crippen molar-refractivity contribution in [2.75, 3.05) is 6.54 Å². The first-order valence-electron chi connectivity index (χ1n) is 5.23. The molecule has 0 spiro atoms. The molecule has 0 radical (unpaired) electrons. The number of nitrogens with one attached hydrogen (secondary N) is 1. The van der Waals surface area contributed by atoms with Crippen LogP contribution in [0.1, 0.15) is 18.4 Å². The number of hydrogen-bond donors (Lipinski definition) is 1. The summed E-state index contributed by atoms with van der Waals surface area (Å²) in [5.74, 6) is 0.368. The van der Waals surface area contributed by atoms with Gasteiger partial charge in [0.2, 0.25) is 0 Å². The molecular weight excluding hydrogens is 210 g/mol. The van der Waals surface area contributed by atoms with Gasteiger partial charge in [-0.05, 0) is 24.1 Å². The molecule has 1 saturated heterocycles. The van der Waals surface area contributed by atoms with E-state index in [1.807, 2.05) is 24.3 Å². The quantitative estimate of drug-likeness (QED) is 0.833. The van der Waals surface area contributed by atoms with Gasteiger partial charge in [0, 0.05) is 30.5 Å². The first kappa shape index (κ1) is 10.7. The summed E-state index contributed by atoms with van der Waals surface area (Å²) in [5.41, 5.74) is 1.23. The van der Waals surface area contributed by atoms with Crippen LogP contribution in [0.15, 0.2) is 24.3 Å². The van der Waals surface area contributed by atoms with Gasteiger partial charge in [-0.25, -0.2) is 0 Å². The lowest BCUT2D eigenvalue weighted by atomic mass is 9.97. The molecule has 2 nitrogen and oxygen atoms in total. The van der Waals surface area contributed by atoms with E-state index < -0.39 is 0 Å². The molecule has 1 unspecified atom stereocenters. The fraction of sp³-hybridized carbons (Fsp3) is 0.417. The number of halogens is 1. The Morgan fingerprint density at radius 2 is 2.07 bits per heavy atom. The van der Waals surface area contributed by atoms with Gasteiger partial charge in [0.25, 0.3) is 0 Å². The Kier molecular flexibility index (Phi) is 3.39. The van der Waals surface area contributed by atoms with E-state index in [-0.39, 0.29) is 0 Å². The Morgan fingerprint density at radius 1 is 1.33 bits per heavy atom. The first-order valence-corrected chi connectivity index (χ1v) is 5.61. The van der Waals surface area contributed by atoms with Gasteiger partial charge >= 0.3 is 0 Å². The molecular formula is C12H14ClNO. The average molecular weight is 224 g/mol. The zero-order valence-electron chi connectivity index (χ0n) is 8.50. The van der Waals surface area contributed by atoms with Gasteiger partial charge < -0.3 is 5.32 Å². The maximum atomic E-state index is 11.3. The van der Waals surface area contributed by atoms with Gasteiger partial charge in [0.15, 0.2) is 0 Å². The third-order valence-corrected chi connectivity index (χ3v) is 2.96. The highest BCUT2D eigenvalue weighted by molar-refractivity contribution is 6.30. The number of rotatable bonds is 2. The molecule has 0 aliphatic carbocycles. The van der Waals surface area contributed by atoms with E-state index >= 15 is 0 Å². The van der Waals surface area contributed by atoms with E-state index in [4.69, 9.17) is 11.6 Å². The molecule has 2 rings (SSSR count). The Bertz CT molecular complexity index is 347. The molecule has 3 heteroatoms. The lowest BCUT2D eigenvalue weighted by Crippen LogP contribution is -2.39. The van der Waals surface area contributed by atoms with E-state index in [1.165, 1.54) is 5.56 Å². The second kappa shape index (κ2) is 4.77. The molecule has 0 amide bonds. The number of ketones is 1. The first-order chi connectivity index (χ1) is 7.24. The maximum absolute atomic E-state index is 11.3. The van der Waals surface area contributed by atoms with Crippen molar-refractivity contribution in [3.05, 3.63) is 34.9 Å². The SMILES string of the molecule is O=C1CCNC(Cc2ccc(Cl)cc2)C1. The highest BCUT2D eigenvalue weighted by Gasteiger charge is 2.18. The van der Waals surface area contributed by atoms with Crippen molar-refractivity contribution in [1.82, 2.24) is 5.32 Å². The van der Waals surface area contributed by atoms with Crippen LogP contribution in [-0.4, -0.2) is 18.4 Å². The summed E-state index contributed by atoms with van der Waals surface area (Å²) in [6.07, 6.45) is 2.24. The molecule has 1 atom stereocenters. The molecule has 1 fully saturated rings. The summed E-state index contributed by atoms with van der Waals surface area (Å²) in [6.45, 7) is 0.817. The molecule has 15 heavy (non-hydrogen) atoms. The van der Waals surface area contributed by atoms with Crippen molar-refractivity contribution in [2.45, 2.75) is 25.3 Å². The molecule has 0 bridgehead atoms. The third-order valence-electron chi connectivity index (χ3n) is 2.71. The van der Waals surface area contributed by atoms with Crippen molar-refractivity contribution < 1.29 is 4.79 Å². The Morgan fingerprint density at radius 3 is 2.73 bits per heavy atom. The van der Waals surface area contributed by atoms with E-state index in [9.17, 15) is 4.79 Å². The number of carbonyl (C=O) groups excluding carboxylic acids is 1. The molecule has 1 heterocycles. The van der Waals surface area contributed by atoms with Gasteiger partial charge in [-0.1, -0.05) is 23.7 Å². The Hall–Kier alpha value is -0.860. The fourth-order valence-corrected chi connectivity index (χ4v) is 2.04. The van der Waals surface area contributed by atoms with Crippen LogP contribution in [0.5, 0.6) is 0 Å². The van der Waals surface area contributed by atoms with Crippen LogP contribution in [0.4, 0.5) is 0 Å². The monoisotopic (exact) mass is 223 g/mol. The lowest BCUT2D eigenvalue weighted by Gasteiger charge is -2.22. The van der Waals surface area contributed by atoms with Gasteiger partial charge in [-0.2, -0.15) is 0 Å². The summed E-state index contributed by atoms with van der Waals surface area (Å²) in [6, 6.07) is 8.11. The van der Waals surface area contributed by atoms with E-state index in [0.29, 0.717) is 24.7 Å². The second-order valence-electron chi connectivity index (χ2n) is 3.97. The normalized spacial score (nSPS) is 21.7. The highest BCUT2D eigenvalue weighted by atomic mass is 35.5. The molecule has 80 valence electrons. The average Bonchev–Trinajstić information content (AvgIpc) is 2.22. The van der Waals surface area contributed by atoms with Crippen molar-refractivity contribution in [2.24, 2.45) is 0 Å². The molecule has 1 aromatic carbocycles. The minimum absolute atomic E-state index is 0.299. The number of piperidine rings is 1. The maximum Gasteiger partial charge on any atom is 0.135 e. The molecule has 1 aliphatic heterocycles. The largest absolute Gasteiger partial charge is 0.313 e. The number of hydrogen-bond acceptors (Lipinski definition) is 2. The van der Waals surface area contributed by atoms with Crippen LogP contribution in [0.2, 0.25) is 5.02 Å². The standard InChI is InChI=1S/C12H14ClNO/c13-10-3-1-9(2-4-10)7-11-8-12(15)5-6-14-11/h1-4,11,14H,5-8H2. The lowest BCUT2D eigenvalue weighted by molar-refractivity contribution is -0.120. The van der Waals surface area contributed by atoms with Crippen LogP contribution in [0.3, 0.4) is 0 Å². The van der Waals surface area contributed by atoms with Crippen molar-refractivity contribution in [3.8, 4) is 0 Å². The summed E-state index contributed by atoms with van der Waals surface area (Å²) in [7, 11) is 0. The van der Waals surface area contributed by atoms with E-state index in [1.54, 1.807) is 0 Å². The van der Waals surface area contributed by atoms with Gasteiger partial charge in [0.05, 0.1) is 0 Å². The molecule has 1 aliphatic rings. The predicted molar refractivity (Wildman–Crippen MR) is 61.2 cm³/mol. The summed E-state index contributed by atoms with van der Waals surface area (Å²) >= 11 is 5.81. The molecule has 1 aromatic rings. The van der Waals surface area contributed by atoms with Crippen molar-refractivity contribution in [1.29, 1.82) is 0 Å². The van der Waals surface area contributed by atoms with E-state index in [2.05, 4.69) is 5.32 Å². The topological polar surface area (TPSA) is 29.1 Å². The van der Waals surface area contributed by atoms with Crippen LogP contribution in [0, 0.1) is 0 Å². The van der Waals surface area contributed by atoms with Gasteiger partial charge in [-0.3, -0.25) is 4.79 Å². The Labute approximate surface area is 94.6 Å². The third kappa shape index (κ3) is 3.05. The number of benzene rings is 1. The van der Waals surface area contributed by atoms with Crippen LogP contribution >= 0.6 is 11.6 Å². The fourth-order valence-electron chi connectivity index (χ4n) is 1.91. The predicted octanol–water partition coefficient (Wildman–Crippen LogP) is 2.20. The van der Waals surface area contributed by atoms with Crippen LogP contribution in [-0.2, 0) is 11.2 Å². The van der Waals surface area contributed by atoms with Crippen LogP contribution < -0.4 is 5.32 Å². The second-order valence-corrected chi connectivity index (χ2v) is 4.41. The Balaban J connectivity index is 1.96. The summed E-state index contributed by atoms with van der Waals surface area (Å²) < 4.78 is 0. The van der Waals surface area contributed by atoms with E-state index in [0.717, 1.165) is 18.0 Å². The van der Waals surface area contributed by atoms with Crippen molar-refractivity contribution >= 4 is 17.4 Å². The van der Waals surface area contributed by atoms with Gasteiger partial charge in [0.1, 0.15) is 5.78 Å². The van der Waals surface area contributed by atoms with Gasteiger partial charge in [-0.15, -0.1) is 0 Å². The molecule has 1 N–H and O–H groups in total. The highest BCUT2D eigenvalue weighted by Crippen LogP contribution is 2.14. The minimum Gasteiger partial charge on any atom is -0.313 e. The molecule has 0 saturated carbocycles. The molecule has 0 aromatic heterocycles. The minimum atomic E-state index is 0.299. The van der Waals surface area contributed by atoms with Crippen molar-refractivity contribution in [3.63, 3.8) is 0 Å². The summed E-state index contributed by atoms with van der Waals surface area (Å²) in [5, 5.41) is 4.11. The number of carbonyl (C=O) groups is 1. The smallest absolute Gasteiger partial charge is 0.135 e. The zero-order chi connectivity index (χ0) is 10.7.